The van der Waals surface area contributed by atoms with E-state index in [4.69, 9.17) is 4.74 Å². The molecular weight excluding hydrogens is 436 g/mol. The van der Waals surface area contributed by atoms with Crippen LogP contribution in [-0.4, -0.2) is 53.3 Å². The van der Waals surface area contributed by atoms with Crippen molar-refractivity contribution in [2.45, 2.75) is 64.7 Å². The Bertz CT molecular complexity index is 961. The average molecular weight is 472 g/mol. The summed E-state index contributed by atoms with van der Waals surface area (Å²) in [5.74, 6) is 1.74. The van der Waals surface area contributed by atoms with Crippen molar-refractivity contribution in [2.75, 3.05) is 26.2 Å². The molecule has 7 heteroatoms. The van der Waals surface area contributed by atoms with E-state index in [1.165, 1.54) is 24.8 Å². The van der Waals surface area contributed by atoms with Gasteiger partial charge in [-0.15, -0.1) is 0 Å². The highest BCUT2D eigenvalue weighted by atomic mass is 19.3. The van der Waals surface area contributed by atoms with Crippen molar-refractivity contribution >= 4 is 5.78 Å². The minimum atomic E-state index is -2.49. The zero-order valence-corrected chi connectivity index (χ0v) is 20.0. The summed E-state index contributed by atoms with van der Waals surface area (Å²) in [7, 11) is 0. The first-order chi connectivity index (χ1) is 16.5. The first-order valence-electron chi connectivity index (χ1n) is 12.5. The molecule has 0 saturated heterocycles. The number of ether oxygens (including phenoxy) is 1. The quantitative estimate of drug-likeness (QED) is 0.465. The molecule has 0 atom stereocenters. The van der Waals surface area contributed by atoms with Crippen LogP contribution in [0.3, 0.4) is 0 Å². The van der Waals surface area contributed by atoms with E-state index < -0.39 is 13.0 Å². The maximum atomic E-state index is 12.7. The van der Waals surface area contributed by atoms with Crippen LogP contribution in [-0.2, 0) is 12.8 Å². The first-order valence-corrected chi connectivity index (χ1v) is 12.5. The molecule has 184 valence electrons. The van der Waals surface area contributed by atoms with Crippen LogP contribution in [0.25, 0.3) is 0 Å². The van der Waals surface area contributed by atoms with Gasteiger partial charge in [0.1, 0.15) is 0 Å². The van der Waals surface area contributed by atoms with Crippen LogP contribution in [0.4, 0.5) is 8.78 Å². The van der Waals surface area contributed by atoms with E-state index in [-0.39, 0.29) is 5.78 Å². The maximum Gasteiger partial charge on any atom is 0.272 e. The van der Waals surface area contributed by atoms with E-state index in [0.717, 1.165) is 68.2 Å². The summed E-state index contributed by atoms with van der Waals surface area (Å²) < 4.78 is 29.9. The molecule has 1 aliphatic heterocycles. The van der Waals surface area contributed by atoms with E-state index in [1.807, 2.05) is 25.1 Å². The average Bonchev–Trinajstić information content (AvgIpc) is 3.04. The summed E-state index contributed by atoms with van der Waals surface area (Å²) in [5, 5.41) is 0. The molecule has 0 unspecified atom stereocenters. The lowest BCUT2D eigenvalue weighted by Gasteiger charge is -2.30. The van der Waals surface area contributed by atoms with Crippen LogP contribution >= 0.6 is 0 Å². The van der Waals surface area contributed by atoms with Crippen molar-refractivity contribution in [2.24, 2.45) is 11.8 Å². The van der Waals surface area contributed by atoms with Gasteiger partial charge >= 0.3 is 0 Å². The second-order valence-corrected chi connectivity index (χ2v) is 9.74. The van der Waals surface area contributed by atoms with E-state index in [9.17, 15) is 13.6 Å². The lowest BCUT2D eigenvalue weighted by atomic mass is 9.78. The topological polar surface area (TPSA) is 55.3 Å². The van der Waals surface area contributed by atoms with E-state index >= 15 is 0 Å². The van der Waals surface area contributed by atoms with Gasteiger partial charge in [-0.1, -0.05) is 18.9 Å². The highest BCUT2D eigenvalue weighted by Crippen LogP contribution is 2.33. The van der Waals surface area contributed by atoms with Crippen LogP contribution in [0.2, 0.25) is 0 Å². The fraction of sp³-hybridized carbons (Fsp3) is 0.593. The number of rotatable bonds is 9. The van der Waals surface area contributed by atoms with Gasteiger partial charge in [-0.3, -0.25) is 9.78 Å². The number of alkyl halides is 2. The summed E-state index contributed by atoms with van der Waals surface area (Å²) >= 11 is 0. The number of fused-ring (bicyclic) bond motifs is 1. The number of carbonyl (C=O) groups is 1. The minimum Gasteiger partial charge on any atom is -0.472 e. The fourth-order valence-corrected chi connectivity index (χ4v) is 5.30. The molecule has 5 nitrogen and oxygen atoms in total. The number of hydrogen-bond acceptors (Lipinski definition) is 5. The van der Waals surface area contributed by atoms with Crippen molar-refractivity contribution in [3.8, 4) is 5.88 Å². The smallest absolute Gasteiger partial charge is 0.272 e. The van der Waals surface area contributed by atoms with E-state index in [1.54, 1.807) is 12.3 Å². The van der Waals surface area contributed by atoms with Gasteiger partial charge < -0.3 is 9.64 Å². The van der Waals surface area contributed by atoms with Crippen LogP contribution in [0.15, 0.2) is 30.5 Å². The molecule has 34 heavy (non-hydrogen) atoms. The molecule has 1 saturated carbocycles. The Kier molecular flexibility index (Phi) is 8.59. The van der Waals surface area contributed by atoms with Gasteiger partial charge in [0.2, 0.25) is 5.88 Å². The molecule has 0 aromatic carbocycles. The Labute approximate surface area is 200 Å². The van der Waals surface area contributed by atoms with Crippen molar-refractivity contribution in [3.05, 3.63) is 53.0 Å². The first kappa shape index (κ1) is 24.7. The minimum absolute atomic E-state index is 0.231. The number of aryl methyl sites for hydroxylation is 1. The predicted molar refractivity (Wildman–Crippen MR) is 128 cm³/mol. The zero-order valence-electron chi connectivity index (χ0n) is 20.0. The predicted octanol–water partition coefficient (Wildman–Crippen LogP) is 5.30. The third kappa shape index (κ3) is 6.81. The number of aromatic nitrogens is 2. The van der Waals surface area contributed by atoms with Gasteiger partial charge in [0.25, 0.3) is 6.43 Å². The van der Waals surface area contributed by atoms with E-state index in [0.29, 0.717) is 18.2 Å². The number of Topliss-reactive ketones (excluding diaryl/α,β-unsaturated/α-hetero) is 1. The summed E-state index contributed by atoms with van der Waals surface area (Å²) in [4.78, 5) is 23.9. The zero-order chi connectivity index (χ0) is 23.9. The summed E-state index contributed by atoms with van der Waals surface area (Å²) in [5.41, 5.74) is 3.77. The monoisotopic (exact) mass is 471 g/mol. The van der Waals surface area contributed by atoms with Gasteiger partial charge in [-0.25, -0.2) is 13.8 Å². The lowest BCUT2D eigenvalue weighted by Crippen LogP contribution is -2.29. The Hall–Kier alpha value is -2.41. The Morgan fingerprint density at radius 2 is 1.88 bits per heavy atom. The second kappa shape index (κ2) is 11.8. The van der Waals surface area contributed by atoms with Gasteiger partial charge in [-0.2, -0.15) is 0 Å². The van der Waals surface area contributed by atoms with Gasteiger partial charge in [0, 0.05) is 55.1 Å². The Morgan fingerprint density at radius 3 is 2.65 bits per heavy atom. The molecule has 0 amide bonds. The van der Waals surface area contributed by atoms with Crippen LogP contribution in [0.5, 0.6) is 5.88 Å². The van der Waals surface area contributed by atoms with Crippen molar-refractivity contribution in [1.29, 1.82) is 0 Å². The van der Waals surface area contributed by atoms with Crippen molar-refractivity contribution < 1.29 is 18.3 Å². The summed E-state index contributed by atoms with van der Waals surface area (Å²) in [6.07, 6.45) is 7.49. The molecule has 0 spiro atoms. The molecule has 0 N–H and O–H groups in total. The molecule has 0 bridgehead atoms. The number of pyridine rings is 2. The van der Waals surface area contributed by atoms with Crippen LogP contribution in [0, 0.1) is 18.8 Å². The number of ketones is 1. The summed E-state index contributed by atoms with van der Waals surface area (Å²) in [6, 6.07) is 7.41. The summed E-state index contributed by atoms with van der Waals surface area (Å²) in [6.45, 7) is 4.30. The number of halogens is 2. The third-order valence-corrected chi connectivity index (χ3v) is 7.36. The van der Waals surface area contributed by atoms with Gasteiger partial charge in [0.15, 0.2) is 12.4 Å². The molecule has 3 heterocycles. The van der Waals surface area contributed by atoms with Gasteiger partial charge in [0.05, 0.1) is 0 Å². The van der Waals surface area contributed by atoms with Crippen LogP contribution < -0.4 is 4.74 Å². The SMILES string of the molecule is Cc1ncccc1C(=O)CC1CCC(CCN2CCc3ccc(OCC(F)F)nc3CC2)CC1. The third-order valence-electron chi connectivity index (χ3n) is 7.36. The molecule has 2 aromatic rings. The number of nitrogens with zero attached hydrogens (tertiary/aromatic N) is 3. The number of carbonyl (C=O) groups excluding carboxylic acids is 1. The Balaban J connectivity index is 1.18. The molecule has 0 radical (unpaired) electrons. The molecular formula is C27H35F2N3O2. The molecule has 2 aromatic heterocycles. The molecule has 2 aliphatic rings. The van der Waals surface area contributed by atoms with Crippen LogP contribution in [0.1, 0.15) is 65.8 Å². The van der Waals surface area contributed by atoms with Crippen molar-refractivity contribution in [3.63, 3.8) is 0 Å². The maximum absolute atomic E-state index is 12.7. The highest BCUT2D eigenvalue weighted by Gasteiger charge is 2.25. The number of hydrogen-bond donors (Lipinski definition) is 0. The molecule has 1 aliphatic carbocycles. The van der Waals surface area contributed by atoms with Gasteiger partial charge in [-0.05, 0) is 68.7 Å². The molecule has 1 fully saturated rings. The second-order valence-electron chi connectivity index (χ2n) is 9.74. The Morgan fingerprint density at radius 1 is 1.12 bits per heavy atom. The lowest BCUT2D eigenvalue weighted by molar-refractivity contribution is 0.0794. The fourth-order valence-electron chi connectivity index (χ4n) is 5.30. The largest absolute Gasteiger partial charge is 0.472 e. The van der Waals surface area contributed by atoms with Crippen molar-refractivity contribution in [1.82, 2.24) is 14.9 Å². The van der Waals surface area contributed by atoms with E-state index in [2.05, 4.69) is 14.9 Å². The molecule has 4 rings (SSSR count). The standard InChI is InChI=1S/C27H35F2N3O2/c1-19-23(3-2-13-30-19)25(33)17-21-6-4-20(5-7-21)10-14-32-15-11-22-8-9-27(34-18-26(28)29)31-24(22)12-16-32/h2-3,8-9,13,20-21,26H,4-7,10-12,14-18H2,1H3. The highest BCUT2D eigenvalue weighted by molar-refractivity contribution is 5.97. The normalized spacial score (nSPS) is 21.2.